The molecule has 0 amide bonds. The van der Waals surface area contributed by atoms with E-state index in [2.05, 4.69) is 5.32 Å². The summed E-state index contributed by atoms with van der Waals surface area (Å²) < 4.78 is 18.9. The predicted octanol–water partition coefficient (Wildman–Crippen LogP) is 6.00. The molecule has 0 unspecified atom stereocenters. The highest BCUT2D eigenvalue weighted by atomic mass is 35.5. The van der Waals surface area contributed by atoms with Crippen molar-refractivity contribution >= 4 is 23.2 Å². The monoisotopic (exact) mass is 389 g/mol. The molecule has 0 radical (unpaired) electrons. The van der Waals surface area contributed by atoms with Gasteiger partial charge in [0.05, 0.1) is 0 Å². The maximum absolute atomic E-state index is 13.0. The average Bonchev–Trinajstić information content (AvgIpc) is 2.64. The van der Waals surface area contributed by atoms with Crippen molar-refractivity contribution in [3.63, 3.8) is 0 Å². The topological polar surface area (TPSA) is 21.3 Å². The molecule has 134 valence electrons. The first-order chi connectivity index (χ1) is 12.6. The maximum atomic E-state index is 13.0. The van der Waals surface area contributed by atoms with E-state index in [4.69, 9.17) is 27.9 Å². The van der Waals surface area contributed by atoms with Gasteiger partial charge in [0.15, 0.2) is 0 Å². The molecule has 0 aliphatic heterocycles. The number of ether oxygens (including phenoxy) is 1. The molecule has 0 aromatic heterocycles. The molecule has 3 aromatic rings. The third-order valence-electron chi connectivity index (χ3n) is 3.92. The van der Waals surface area contributed by atoms with Gasteiger partial charge in [0.25, 0.3) is 0 Å². The van der Waals surface area contributed by atoms with Crippen molar-refractivity contribution in [1.82, 2.24) is 5.32 Å². The Morgan fingerprint density at radius 2 is 1.62 bits per heavy atom. The van der Waals surface area contributed by atoms with Crippen LogP contribution < -0.4 is 10.1 Å². The van der Waals surface area contributed by atoms with E-state index in [9.17, 15) is 4.39 Å². The minimum atomic E-state index is -0.237. The van der Waals surface area contributed by atoms with Gasteiger partial charge in [0.1, 0.15) is 18.2 Å². The normalized spacial score (nSPS) is 10.7. The molecule has 0 heterocycles. The number of rotatable bonds is 7. The fourth-order valence-electron chi connectivity index (χ4n) is 2.54. The number of benzene rings is 3. The molecule has 0 aliphatic rings. The first-order valence-corrected chi connectivity index (χ1v) is 8.97. The molecule has 1 N–H and O–H groups in total. The van der Waals surface area contributed by atoms with Crippen LogP contribution in [0.1, 0.15) is 16.7 Å². The van der Waals surface area contributed by atoms with Crippen molar-refractivity contribution in [2.45, 2.75) is 19.7 Å². The average molecular weight is 390 g/mol. The Morgan fingerprint density at radius 3 is 2.38 bits per heavy atom. The highest BCUT2D eigenvalue weighted by molar-refractivity contribution is 6.31. The Balaban J connectivity index is 1.63. The summed E-state index contributed by atoms with van der Waals surface area (Å²) in [5.74, 6) is 0.514. The Hall–Kier alpha value is -2.07. The van der Waals surface area contributed by atoms with Crippen LogP contribution in [0.5, 0.6) is 5.75 Å². The van der Waals surface area contributed by atoms with Crippen LogP contribution >= 0.6 is 23.2 Å². The van der Waals surface area contributed by atoms with E-state index < -0.39 is 0 Å². The Morgan fingerprint density at radius 1 is 0.846 bits per heavy atom. The first kappa shape index (κ1) is 18.7. The van der Waals surface area contributed by atoms with E-state index in [1.165, 1.54) is 12.1 Å². The lowest BCUT2D eigenvalue weighted by Crippen LogP contribution is -2.13. The summed E-state index contributed by atoms with van der Waals surface area (Å²) in [5.41, 5.74) is 2.88. The third-order valence-corrected chi connectivity index (χ3v) is 4.53. The molecular weight excluding hydrogens is 372 g/mol. The Labute approximate surface area is 162 Å². The number of hydrogen-bond acceptors (Lipinski definition) is 2. The van der Waals surface area contributed by atoms with Crippen LogP contribution in [0, 0.1) is 5.82 Å². The van der Waals surface area contributed by atoms with E-state index in [0.29, 0.717) is 29.7 Å². The summed E-state index contributed by atoms with van der Waals surface area (Å²) in [7, 11) is 0. The minimum Gasteiger partial charge on any atom is -0.489 e. The van der Waals surface area contributed by atoms with Crippen molar-refractivity contribution in [2.75, 3.05) is 0 Å². The lowest BCUT2D eigenvalue weighted by molar-refractivity contribution is 0.302. The second-order valence-electron chi connectivity index (χ2n) is 5.86. The van der Waals surface area contributed by atoms with Gasteiger partial charge in [-0.15, -0.1) is 0 Å². The van der Waals surface area contributed by atoms with Crippen LogP contribution in [0.2, 0.25) is 10.0 Å². The predicted molar refractivity (Wildman–Crippen MR) is 104 cm³/mol. The van der Waals surface area contributed by atoms with Crippen molar-refractivity contribution in [3.05, 3.63) is 99.3 Å². The van der Waals surface area contributed by atoms with Crippen LogP contribution in [-0.4, -0.2) is 0 Å². The highest BCUT2D eigenvalue weighted by Crippen LogP contribution is 2.25. The molecule has 5 heteroatoms. The van der Waals surface area contributed by atoms with E-state index in [1.54, 1.807) is 18.2 Å². The van der Waals surface area contributed by atoms with E-state index in [1.807, 2.05) is 36.4 Å². The van der Waals surface area contributed by atoms with Crippen molar-refractivity contribution < 1.29 is 9.13 Å². The van der Waals surface area contributed by atoms with Crippen LogP contribution in [0.4, 0.5) is 4.39 Å². The van der Waals surface area contributed by atoms with Crippen LogP contribution in [0.15, 0.2) is 66.7 Å². The zero-order chi connectivity index (χ0) is 18.4. The lowest BCUT2D eigenvalue weighted by Gasteiger charge is -2.13. The maximum Gasteiger partial charge on any atom is 0.124 e. The van der Waals surface area contributed by atoms with E-state index >= 15 is 0 Å². The summed E-state index contributed by atoms with van der Waals surface area (Å²) in [6.45, 7) is 1.58. The third kappa shape index (κ3) is 5.21. The molecule has 3 rings (SSSR count). The molecule has 3 aromatic carbocycles. The molecule has 26 heavy (non-hydrogen) atoms. The van der Waals surface area contributed by atoms with Crippen molar-refractivity contribution in [1.29, 1.82) is 0 Å². The molecule has 0 bridgehead atoms. The lowest BCUT2D eigenvalue weighted by atomic mass is 10.1. The van der Waals surface area contributed by atoms with Gasteiger partial charge in [-0.05, 0) is 42.0 Å². The van der Waals surface area contributed by atoms with Gasteiger partial charge >= 0.3 is 0 Å². The fourth-order valence-corrected chi connectivity index (χ4v) is 2.93. The smallest absolute Gasteiger partial charge is 0.124 e. The molecule has 0 spiro atoms. The molecule has 0 atom stereocenters. The molecular formula is C21H18Cl2FNO. The summed E-state index contributed by atoms with van der Waals surface area (Å²) in [5, 5.41) is 4.65. The molecule has 0 saturated heterocycles. The summed E-state index contributed by atoms with van der Waals surface area (Å²) in [4.78, 5) is 0. The van der Waals surface area contributed by atoms with E-state index in [0.717, 1.165) is 22.4 Å². The second-order valence-corrected chi connectivity index (χ2v) is 6.71. The van der Waals surface area contributed by atoms with Gasteiger partial charge in [0.2, 0.25) is 0 Å². The SMILES string of the molecule is Fc1ccc(CNCc2cc(Cl)ccc2OCc2ccccc2Cl)cc1. The summed E-state index contributed by atoms with van der Waals surface area (Å²) in [6, 6.07) is 19.5. The standard InChI is InChI=1S/C21H18Cl2FNO/c22-18-7-10-21(26-14-16-3-1-2-4-20(16)23)17(11-18)13-25-12-15-5-8-19(24)9-6-15/h1-11,25H,12-14H2. The number of halogens is 3. The van der Waals surface area contributed by atoms with Gasteiger partial charge in [-0.3, -0.25) is 0 Å². The summed E-state index contributed by atoms with van der Waals surface area (Å²) >= 11 is 12.3. The highest BCUT2D eigenvalue weighted by Gasteiger charge is 2.07. The van der Waals surface area contributed by atoms with Crippen molar-refractivity contribution in [3.8, 4) is 5.75 Å². The zero-order valence-corrected chi connectivity index (χ0v) is 15.5. The molecule has 2 nitrogen and oxygen atoms in total. The summed E-state index contributed by atoms with van der Waals surface area (Å²) in [6.07, 6.45) is 0. The van der Waals surface area contributed by atoms with Gasteiger partial charge in [-0.2, -0.15) is 0 Å². The number of nitrogens with one attached hydrogen (secondary N) is 1. The molecule has 0 aliphatic carbocycles. The Bertz CT molecular complexity index is 868. The first-order valence-electron chi connectivity index (χ1n) is 8.21. The van der Waals surface area contributed by atoms with Crippen molar-refractivity contribution in [2.24, 2.45) is 0 Å². The quantitative estimate of drug-likeness (QED) is 0.534. The Kier molecular flexibility index (Phi) is 6.51. The van der Waals surface area contributed by atoms with Gasteiger partial charge in [-0.25, -0.2) is 4.39 Å². The van der Waals surface area contributed by atoms with Crippen LogP contribution in [0.25, 0.3) is 0 Å². The van der Waals surface area contributed by atoms with Gasteiger partial charge in [-0.1, -0.05) is 53.5 Å². The second kappa shape index (κ2) is 9.04. The van der Waals surface area contributed by atoms with Crippen LogP contribution in [-0.2, 0) is 19.7 Å². The largest absolute Gasteiger partial charge is 0.489 e. The van der Waals surface area contributed by atoms with E-state index in [-0.39, 0.29) is 5.82 Å². The zero-order valence-electron chi connectivity index (χ0n) is 14.0. The minimum absolute atomic E-state index is 0.237. The fraction of sp³-hybridized carbons (Fsp3) is 0.143. The number of hydrogen-bond donors (Lipinski definition) is 1. The van der Waals surface area contributed by atoms with Gasteiger partial charge in [0, 0.05) is 34.3 Å². The van der Waals surface area contributed by atoms with Gasteiger partial charge < -0.3 is 10.1 Å². The molecule has 0 saturated carbocycles. The molecule has 0 fully saturated rings. The van der Waals surface area contributed by atoms with Crippen LogP contribution in [0.3, 0.4) is 0 Å².